The van der Waals surface area contributed by atoms with Crippen molar-refractivity contribution in [3.63, 3.8) is 0 Å². The molecule has 1 saturated heterocycles. The lowest BCUT2D eigenvalue weighted by Crippen LogP contribution is -2.37. The van der Waals surface area contributed by atoms with E-state index in [1.54, 1.807) is 0 Å². The fraction of sp³-hybridized carbons (Fsp3) is 0.462. The first-order valence-corrected chi connectivity index (χ1v) is 6.45. The summed E-state index contributed by atoms with van der Waals surface area (Å²) in [7, 11) is 0. The zero-order chi connectivity index (χ0) is 14.7. The van der Waals surface area contributed by atoms with Gasteiger partial charge in [-0.1, -0.05) is 0 Å². The van der Waals surface area contributed by atoms with Crippen LogP contribution in [0.25, 0.3) is 0 Å². The van der Waals surface area contributed by atoms with Gasteiger partial charge in [0.15, 0.2) is 0 Å². The molecule has 20 heavy (non-hydrogen) atoms. The lowest BCUT2D eigenvalue weighted by molar-refractivity contribution is -0.385. The Labute approximate surface area is 115 Å². The summed E-state index contributed by atoms with van der Waals surface area (Å²) in [5.74, 6) is -1.27. The first kappa shape index (κ1) is 14.4. The van der Waals surface area contributed by atoms with Crippen molar-refractivity contribution < 1.29 is 14.1 Å². The molecule has 0 aliphatic carbocycles. The zero-order valence-corrected chi connectivity index (χ0v) is 11.1. The molecule has 1 heterocycles. The minimum atomic E-state index is -0.655. The summed E-state index contributed by atoms with van der Waals surface area (Å²) in [5.41, 5.74) is -0.437. The van der Waals surface area contributed by atoms with Gasteiger partial charge in [-0.2, -0.15) is 0 Å². The SMILES string of the molecule is Cc1cc(F)cc(C(=O)NCC2CCCN2)c1[N+](=O)[O-]. The first-order valence-electron chi connectivity index (χ1n) is 6.45. The van der Waals surface area contributed by atoms with Crippen LogP contribution in [-0.2, 0) is 0 Å². The van der Waals surface area contributed by atoms with Gasteiger partial charge in [0.2, 0.25) is 0 Å². The van der Waals surface area contributed by atoms with E-state index >= 15 is 0 Å². The van der Waals surface area contributed by atoms with Crippen LogP contribution in [0.3, 0.4) is 0 Å². The second kappa shape index (κ2) is 5.96. The number of aryl methyl sites for hydroxylation is 1. The Kier molecular flexibility index (Phi) is 4.29. The van der Waals surface area contributed by atoms with E-state index in [1.165, 1.54) is 6.92 Å². The summed E-state index contributed by atoms with van der Waals surface area (Å²) < 4.78 is 13.4. The van der Waals surface area contributed by atoms with Crippen LogP contribution >= 0.6 is 0 Å². The molecule has 1 fully saturated rings. The number of amides is 1. The molecule has 1 aromatic carbocycles. The Morgan fingerprint density at radius 3 is 2.95 bits per heavy atom. The third-order valence-electron chi connectivity index (χ3n) is 3.36. The highest BCUT2D eigenvalue weighted by atomic mass is 19.1. The van der Waals surface area contributed by atoms with Crippen molar-refractivity contribution >= 4 is 11.6 Å². The molecule has 1 aliphatic heterocycles. The second-order valence-electron chi connectivity index (χ2n) is 4.88. The normalized spacial score (nSPS) is 18.0. The Morgan fingerprint density at radius 1 is 1.60 bits per heavy atom. The maximum absolute atomic E-state index is 13.4. The molecule has 1 unspecified atom stereocenters. The maximum atomic E-state index is 13.4. The molecule has 0 radical (unpaired) electrons. The number of carbonyl (C=O) groups excluding carboxylic acids is 1. The molecule has 2 rings (SSSR count). The van der Waals surface area contributed by atoms with Crippen LogP contribution in [0.15, 0.2) is 12.1 Å². The lowest BCUT2D eigenvalue weighted by atomic mass is 10.1. The van der Waals surface area contributed by atoms with Gasteiger partial charge in [0.1, 0.15) is 11.4 Å². The van der Waals surface area contributed by atoms with Gasteiger partial charge >= 0.3 is 0 Å². The number of nitro groups is 1. The van der Waals surface area contributed by atoms with Gasteiger partial charge in [0.25, 0.3) is 11.6 Å². The van der Waals surface area contributed by atoms with E-state index < -0.39 is 16.6 Å². The number of nitrogens with one attached hydrogen (secondary N) is 2. The molecule has 1 atom stereocenters. The summed E-state index contributed by atoms with van der Waals surface area (Å²) in [6.45, 7) is 2.70. The lowest BCUT2D eigenvalue weighted by Gasteiger charge is -2.12. The van der Waals surface area contributed by atoms with Gasteiger partial charge in [-0.3, -0.25) is 14.9 Å². The molecule has 0 aromatic heterocycles. The van der Waals surface area contributed by atoms with E-state index in [4.69, 9.17) is 0 Å². The van der Waals surface area contributed by atoms with Crippen LogP contribution in [0.4, 0.5) is 10.1 Å². The van der Waals surface area contributed by atoms with Crippen molar-refractivity contribution in [1.29, 1.82) is 0 Å². The summed E-state index contributed by atoms with van der Waals surface area (Å²) in [6.07, 6.45) is 1.99. The van der Waals surface area contributed by atoms with Gasteiger partial charge in [0, 0.05) is 18.2 Å². The Balaban J connectivity index is 2.17. The van der Waals surface area contributed by atoms with Crippen molar-refractivity contribution in [2.24, 2.45) is 0 Å². The standard InChI is InChI=1S/C13H16FN3O3/c1-8-5-9(14)6-11(12(8)17(19)20)13(18)16-7-10-3-2-4-15-10/h5-6,10,15H,2-4,7H2,1H3,(H,16,18). The first-order chi connectivity index (χ1) is 9.49. The van der Waals surface area contributed by atoms with Crippen molar-refractivity contribution in [3.8, 4) is 0 Å². The van der Waals surface area contributed by atoms with Crippen molar-refractivity contribution in [2.45, 2.75) is 25.8 Å². The van der Waals surface area contributed by atoms with Gasteiger partial charge in [-0.25, -0.2) is 4.39 Å². The summed E-state index contributed by atoms with van der Waals surface area (Å²) >= 11 is 0. The molecule has 108 valence electrons. The van der Waals surface area contributed by atoms with E-state index in [-0.39, 0.29) is 22.9 Å². The highest BCUT2D eigenvalue weighted by molar-refractivity contribution is 5.98. The molecule has 0 spiro atoms. The highest BCUT2D eigenvalue weighted by Crippen LogP contribution is 2.24. The maximum Gasteiger partial charge on any atom is 0.285 e. The van der Waals surface area contributed by atoms with Crippen molar-refractivity contribution in [2.75, 3.05) is 13.1 Å². The van der Waals surface area contributed by atoms with Crippen LogP contribution in [0.2, 0.25) is 0 Å². The number of nitrogens with zero attached hydrogens (tertiary/aromatic N) is 1. The molecule has 1 aromatic rings. The number of carbonyl (C=O) groups is 1. The number of nitro benzene ring substituents is 1. The van der Waals surface area contributed by atoms with Gasteiger partial charge in [-0.15, -0.1) is 0 Å². The average molecular weight is 281 g/mol. The topological polar surface area (TPSA) is 84.3 Å². The third kappa shape index (κ3) is 3.11. The largest absolute Gasteiger partial charge is 0.350 e. The van der Waals surface area contributed by atoms with E-state index in [0.29, 0.717) is 6.54 Å². The Bertz CT molecular complexity index is 542. The third-order valence-corrected chi connectivity index (χ3v) is 3.36. The highest BCUT2D eigenvalue weighted by Gasteiger charge is 2.25. The summed E-state index contributed by atoms with van der Waals surface area (Å²) in [4.78, 5) is 22.4. The van der Waals surface area contributed by atoms with Crippen LogP contribution in [0.5, 0.6) is 0 Å². The summed E-state index contributed by atoms with van der Waals surface area (Å²) in [5, 5.41) is 16.8. The molecule has 6 nitrogen and oxygen atoms in total. The Hall–Kier alpha value is -2.02. The predicted molar refractivity (Wildman–Crippen MR) is 71.1 cm³/mol. The number of rotatable bonds is 4. The van der Waals surface area contributed by atoms with E-state index in [1.807, 2.05) is 0 Å². The quantitative estimate of drug-likeness (QED) is 0.647. The van der Waals surface area contributed by atoms with Crippen LogP contribution in [0.1, 0.15) is 28.8 Å². The fourth-order valence-corrected chi connectivity index (χ4v) is 2.39. The van der Waals surface area contributed by atoms with Crippen LogP contribution in [-0.4, -0.2) is 30.0 Å². The van der Waals surface area contributed by atoms with Crippen molar-refractivity contribution in [3.05, 3.63) is 39.2 Å². The van der Waals surface area contributed by atoms with E-state index in [2.05, 4.69) is 10.6 Å². The van der Waals surface area contributed by atoms with Gasteiger partial charge < -0.3 is 10.6 Å². The summed E-state index contributed by atoms with van der Waals surface area (Å²) in [6, 6.07) is 2.13. The molecule has 0 bridgehead atoms. The average Bonchev–Trinajstić information content (AvgIpc) is 2.87. The molecule has 2 N–H and O–H groups in total. The molecule has 0 saturated carbocycles. The van der Waals surface area contributed by atoms with Gasteiger partial charge in [-0.05, 0) is 38.4 Å². The molecule has 7 heteroatoms. The number of halogens is 1. The van der Waals surface area contributed by atoms with Crippen molar-refractivity contribution in [1.82, 2.24) is 10.6 Å². The minimum Gasteiger partial charge on any atom is -0.350 e. The molecular formula is C13H16FN3O3. The van der Waals surface area contributed by atoms with E-state index in [9.17, 15) is 19.3 Å². The van der Waals surface area contributed by atoms with Gasteiger partial charge in [0.05, 0.1) is 4.92 Å². The minimum absolute atomic E-state index is 0.138. The monoisotopic (exact) mass is 281 g/mol. The molecule has 1 aliphatic rings. The number of benzene rings is 1. The molecule has 1 amide bonds. The zero-order valence-electron chi connectivity index (χ0n) is 11.1. The van der Waals surface area contributed by atoms with Crippen LogP contribution in [0, 0.1) is 22.9 Å². The second-order valence-corrected chi connectivity index (χ2v) is 4.88. The predicted octanol–water partition coefficient (Wildman–Crippen LogP) is 1.52. The molecular weight excluding hydrogens is 265 g/mol. The Morgan fingerprint density at radius 2 is 2.35 bits per heavy atom. The fourth-order valence-electron chi connectivity index (χ4n) is 2.39. The smallest absolute Gasteiger partial charge is 0.285 e. The number of hydrogen-bond acceptors (Lipinski definition) is 4. The van der Waals surface area contributed by atoms with E-state index in [0.717, 1.165) is 31.5 Å². The number of hydrogen-bond donors (Lipinski definition) is 2. The van der Waals surface area contributed by atoms with Crippen LogP contribution < -0.4 is 10.6 Å².